The number of nitrogens with zero attached hydrogens (tertiary/aromatic N) is 2. The third-order valence-electron chi connectivity index (χ3n) is 3.45. The molecular formula is C15H14N3. The van der Waals surface area contributed by atoms with Crippen molar-refractivity contribution in [1.29, 1.82) is 0 Å². The summed E-state index contributed by atoms with van der Waals surface area (Å²) >= 11 is 0. The summed E-state index contributed by atoms with van der Waals surface area (Å²) in [6.45, 7) is 4.39. The molecule has 0 unspecified atom stereocenters. The minimum atomic E-state index is -0.117. The van der Waals surface area contributed by atoms with Crippen LogP contribution in [0.3, 0.4) is 0 Å². The van der Waals surface area contributed by atoms with Crippen LogP contribution in [0.25, 0.3) is 11.0 Å². The summed E-state index contributed by atoms with van der Waals surface area (Å²) in [5, 5.41) is 11.0. The van der Waals surface area contributed by atoms with Crippen LogP contribution in [0, 0.1) is 6.07 Å². The van der Waals surface area contributed by atoms with Gasteiger partial charge >= 0.3 is 0 Å². The fourth-order valence-electron chi connectivity index (χ4n) is 2.30. The molecule has 0 bridgehead atoms. The number of rotatable bonds is 2. The average molecular weight is 236 g/mol. The molecule has 0 atom stereocenters. The van der Waals surface area contributed by atoms with Crippen LogP contribution in [0.15, 0.2) is 42.5 Å². The molecule has 3 heteroatoms. The van der Waals surface area contributed by atoms with Crippen molar-refractivity contribution in [1.82, 2.24) is 15.4 Å². The SMILES string of the molecule is CC(C)(c1ccccc1)c1c[c]cc2[nH]nnc12. The van der Waals surface area contributed by atoms with E-state index in [1.807, 2.05) is 18.2 Å². The zero-order valence-electron chi connectivity index (χ0n) is 10.4. The predicted octanol–water partition coefficient (Wildman–Crippen LogP) is 3.08. The van der Waals surface area contributed by atoms with Crippen LogP contribution in [-0.2, 0) is 5.41 Å². The highest BCUT2D eigenvalue weighted by Crippen LogP contribution is 2.34. The van der Waals surface area contributed by atoms with Crippen molar-refractivity contribution in [2.24, 2.45) is 0 Å². The molecule has 3 aromatic rings. The number of fused-ring (bicyclic) bond motifs is 1. The Labute approximate surface area is 106 Å². The smallest absolute Gasteiger partial charge is 0.117 e. The van der Waals surface area contributed by atoms with Gasteiger partial charge in [0.05, 0.1) is 5.52 Å². The molecule has 1 radical (unpaired) electrons. The van der Waals surface area contributed by atoms with Gasteiger partial charge in [-0.15, -0.1) is 5.10 Å². The van der Waals surface area contributed by atoms with E-state index < -0.39 is 0 Å². The predicted molar refractivity (Wildman–Crippen MR) is 71.3 cm³/mol. The maximum atomic E-state index is 4.18. The lowest BCUT2D eigenvalue weighted by atomic mass is 9.77. The highest BCUT2D eigenvalue weighted by Gasteiger charge is 2.26. The molecule has 1 aromatic heterocycles. The molecule has 0 saturated carbocycles. The number of hydrogen-bond acceptors (Lipinski definition) is 2. The van der Waals surface area contributed by atoms with Crippen molar-refractivity contribution in [3.05, 3.63) is 59.7 Å². The maximum Gasteiger partial charge on any atom is 0.117 e. The van der Waals surface area contributed by atoms with Crippen LogP contribution in [0.5, 0.6) is 0 Å². The molecule has 3 rings (SSSR count). The van der Waals surface area contributed by atoms with Gasteiger partial charge in [0.1, 0.15) is 5.52 Å². The van der Waals surface area contributed by atoms with Gasteiger partial charge in [-0.25, -0.2) is 0 Å². The van der Waals surface area contributed by atoms with Crippen molar-refractivity contribution in [2.75, 3.05) is 0 Å². The number of H-pyrrole nitrogens is 1. The van der Waals surface area contributed by atoms with E-state index in [1.54, 1.807) is 0 Å². The van der Waals surface area contributed by atoms with Gasteiger partial charge in [-0.2, -0.15) is 0 Å². The zero-order chi connectivity index (χ0) is 12.6. The molecule has 0 aliphatic rings. The van der Waals surface area contributed by atoms with E-state index in [4.69, 9.17) is 0 Å². The molecule has 2 aromatic carbocycles. The van der Waals surface area contributed by atoms with E-state index in [0.29, 0.717) is 0 Å². The number of hydrogen-bond donors (Lipinski definition) is 1. The van der Waals surface area contributed by atoms with E-state index >= 15 is 0 Å². The molecule has 3 nitrogen and oxygen atoms in total. The second kappa shape index (κ2) is 3.95. The Kier molecular flexibility index (Phi) is 2.40. The average Bonchev–Trinajstić information content (AvgIpc) is 2.87. The van der Waals surface area contributed by atoms with Crippen molar-refractivity contribution in [3.8, 4) is 0 Å². The minimum absolute atomic E-state index is 0.117. The Morgan fingerprint density at radius 3 is 2.67 bits per heavy atom. The summed E-state index contributed by atoms with van der Waals surface area (Å²) < 4.78 is 0. The normalized spacial score (nSPS) is 11.9. The van der Waals surface area contributed by atoms with Gasteiger partial charge in [0.15, 0.2) is 0 Å². The molecule has 0 aliphatic carbocycles. The number of nitrogens with one attached hydrogen (secondary N) is 1. The van der Waals surface area contributed by atoms with Gasteiger partial charge < -0.3 is 0 Å². The molecule has 1 heterocycles. The Bertz CT molecular complexity index is 668. The lowest BCUT2D eigenvalue weighted by molar-refractivity contribution is 0.645. The molecule has 0 spiro atoms. The molecular weight excluding hydrogens is 222 g/mol. The molecule has 0 saturated heterocycles. The summed E-state index contributed by atoms with van der Waals surface area (Å²) in [5.41, 5.74) is 4.13. The van der Waals surface area contributed by atoms with Crippen molar-refractivity contribution < 1.29 is 0 Å². The zero-order valence-corrected chi connectivity index (χ0v) is 10.4. The molecule has 18 heavy (non-hydrogen) atoms. The minimum Gasteiger partial charge on any atom is -0.258 e. The summed E-state index contributed by atoms with van der Waals surface area (Å²) in [6, 6.07) is 17.5. The topological polar surface area (TPSA) is 41.6 Å². The van der Waals surface area contributed by atoms with Gasteiger partial charge in [-0.05, 0) is 29.3 Å². The monoisotopic (exact) mass is 236 g/mol. The van der Waals surface area contributed by atoms with Crippen LogP contribution in [0.4, 0.5) is 0 Å². The fourth-order valence-corrected chi connectivity index (χ4v) is 2.30. The fraction of sp³-hybridized carbons (Fsp3) is 0.200. The third-order valence-corrected chi connectivity index (χ3v) is 3.45. The summed E-state index contributed by atoms with van der Waals surface area (Å²) in [4.78, 5) is 0. The number of aromatic nitrogens is 3. The molecule has 1 N–H and O–H groups in total. The van der Waals surface area contributed by atoms with E-state index in [0.717, 1.165) is 16.6 Å². The Balaban J connectivity index is 2.22. The van der Waals surface area contributed by atoms with E-state index in [9.17, 15) is 0 Å². The highest BCUT2D eigenvalue weighted by atomic mass is 15.3. The first-order valence-electron chi connectivity index (χ1n) is 5.96. The Morgan fingerprint density at radius 2 is 1.89 bits per heavy atom. The molecule has 0 amide bonds. The van der Waals surface area contributed by atoms with Gasteiger partial charge in [-0.3, -0.25) is 5.10 Å². The lowest BCUT2D eigenvalue weighted by Gasteiger charge is -2.26. The standard InChI is InChI=1S/C15H14N3/c1-15(2,11-7-4-3-5-8-11)12-9-6-10-13-14(12)17-18-16-13/h3-5,7-10H,1-2H3,(H,16,17,18). The van der Waals surface area contributed by atoms with Crippen LogP contribution in [-0.4, -0.2) is 15.4 Å². The lowest BCUT2D eigenvalue weighted by Crippen LogP contribution is -2.19. The second-order valence-corrected chi connectivity index (χ2v) is 4.93. The first kappa shape index (κ1) is 11.0. The van der Waals surface area contributed by atoms with Crippen LogP contribution in [0.1, 0.15) is 25.0 Å². The van der Waals surface area contributed by atoms with Crippen LogP contribution < -0.4 is 0 Å². The van der Waals surface area contributed by atoms with Crippen molar-refractivity contribution in [2.45, 2.75) is 19.3 Å². The quantitative estimate of drug-likeness (QED) is 0.743. The van der Waals surface area contributed by atoms with Crippen molar-refractivity contribution >= 4 is 11.0 Å². The second-order valence-electron chi connectivity index (χ2n) is 4.93. The van der Waals surface area contributed by atoms with E-state index in [1.165, 1.54) is 5.56 Å². The van der Waals surface area contributed by atoms with E-state index in [-0.39, 0.29) is 5.41 Å². The summed E-state index contributed by atoms with van der Waals surface area (Å²) in [6.07, 6.45) is 0. The largest absolute Gasteiger partial charge is 0.258 e. The number of benzene rings is 2. The first-order valence-corrected chi connectivity index (χ1v) is 5.96. The molecule has 0 fully saturated rings. The van der Waals surface area contributed by atoms with Crippen LogP contribution in [0.2, 0.25) is 0 Å². The van der Waals surface area contributed by atoms with Crippen molar-refractivity contribution in [3.63, 3.8) is 0 Å². The number of aromatic amines is 1. The van der Waals surface area contributed by atoms with Gasteiger partial charge in [0.25, 0.3) is 0 Å². The summed E-state index contributed by atoms with van der Waals surface area (Å²) in [5.74, 6) is 0. The van der Waals surface area contributed by atoms with Gasteiger partial charge in [0.2, 0.25) is 0 Å². The molecule has 0 aliphatic heterocycles. The Hall–Kier alpha value is -2.16. The maximum absolute atomic E-state index is 4.18. The van der Waals surface area contributed by atoms with E-state index in [2.05, 4.69) is 59.6 Å². The Morgan fingerprint density at radius 1 is 1.11 bits per heavy atom. The third kappa shape index (κ3) is 1.59. The first-order chi connectivity index (χ1) is 8.69. The molecule has 89 valence electrons. The highest BCUT2D eigenvalue weighted by molar-refractivity contribution is 5.79. The van der Waals surface area contributed by atoms with Gasteiger partial charge in [-0.1, -0.05) is 49.4 Å². The summed E-state index contributed by atoms with van der Waals surface area (Å²) in [7, 11) is 0. The van der Waals surface area contributed by atoms with Gasteiger partial charge in [0, 0.05) is 5.41 Å². The van der Waals surface area contributed by atoms with Crippen LogP contribution >= 0.6 is 0 Å².